The fourth-order valence-electron chi connectivity index (χ4n) is 2.80. The minimum absolute atomic E-state index is 0.0436. The molecule has 0 saturated heterocycles. The van der Waals surface area contributed by atoms with Crippen molar-refractivity contribution in [3.63, 3.8) is 0 Å². The maximum absolute atomic E-state index is 13.9. The van der Waals surface area contributed by atoms with Crippen molar-refractivity contribution >= 4 is 15.7 Å². The molecule has 21 heavy (non-hydrogen) atoms. The zero-order valence-electron chi connectivity index (χ0n) is 12.6. The van der Waals surface area contributed by atoms with Gasteiger partial charge in [-0.05, 0) is 42.9 Å². The van der Waals surface area contributed by atoms with Gasteiger partial charge in [-0.2, -0.15) is 0 Å². The highest BCUT2D eigenvalue weighted by molar-refractivity contribution is 7.89. The first kappa shape index (κ1) is 16.2. The summed E-state index contributed by atoms with van der Waals surface area (Å²) < 4.78 is 41.1. The standard InChI is InChI=1S/C15H23FN2O2S/c1-11-8-12(16)14(9-13(11)17)21(19,20)18-10-15(2)6-4-3-5-7-15/h8-9,18H,3-7,10,17H2,1-2H3. The Morgan fingerprint density at radius 1 is 1.29 bits per heavy atom. The summed E-state index contributed by atoms with van der Waals surface area (Å²) >= 11 is 0. The van der Waals surface area contributed by atoms with Crippen molar-refractivity contribution in [1.29, 1.82) is 0 Å². The monoisotopic (exact) mass is 314 g/mol. The molecule has 0 aromatic heterocycles. The zero-order valence-corrected chi connectivity index (χ0v) is 13.4. The Kier molecular flexibility index (Phi) is 4.58. The van der Waals surface area contributed by atoms with Gasteiger partial charge in [0.15, 0.2) is 0 Å². The normalized spacial score (nSPS) is 18.6. The average molecular weight is 314 g/mol. The lowest BCUT2D eigenvalue weighted by molar-refractivity contribution is 0.219. The van der Waals surface area contributed by atoms with Crippen LogP contribution in [0, 0.1) is 18.2 Å². The fourth-order valence-corrected chi connectivity index (χ4v) is 4.10. The molecule has 118 valence electrons. The molecule has 1 saturated carbocycles. The smallest absolute Gasteiger partial charge is 0.243 e. The van der Waals surface area contributed by atoms with E-state index < -0.39 is 15.8 Å². The molecule has 6 heteroatoms. The van der Waals surface area contributed by atoms with Crippen LogP contribution in [0.25, 0.3) is 0 Å². The second-order valence-corrected chi connectivity index (χ2v) is 8.07. The molecule has 4 nitrogen and oxygen atoms in total. The summed E-state index contributed by atoms with van der Waals surface area (Å²) in [6, 6.07) is 2.35. The molecule has 1 fully saturated rings. The highest BCUT2D eigenvalue weighted by atomic mass is 32.2. The summed E-state index contributed by atoms with van der Waals surface area (Å²) in [6.45, 7) is 4.06. The van der Waals surface area contributed by atoms with Crippen molar-refractivity contribution in [2.45, 2.75) is 50.8 Å². The van der Waals surface area contributed by atoms with Crippen LogP contribution < -0.4 is 10.5 Å². The molecule has 0 bridgehead atoms. The molecule has 3 N–H and O–H groups in total. The lowest BCUT2D eigenvalue weighted by atomic mass is 9.76. The summed E-state index contributed by atoms with van der Waals surface area (Å²) in [7, 11) is -3.87. The second kappa shape index (κ2) is 5.93. The largest absolute Gasteiger partial charge is 0.398 e. The quantitative estimate of drug-likeness (QED) is 0.839. The van der Waals surface area contributed by atoms with Crippen molar-refractivity contribution < 1.29 is 12.8 Å². The highest BCUT2D eigenvalue weighted by Gasteiger charge is 2.29. The number of rotatable bonds is 4. The van der Waals surface area contributed by atoms with Crippen LogP contribution in [-0.2, 0) is 10.0 Å². The summed E-state index contributed by atoms with van der Waals surface area (Å²) in [5, 5.41) is 0. The van der Waals surface area contributed by atoms with E-state index in [-0.39, 0.29) is 16.0 Å². The number of aryl methyl sites for hydroxylation is 1. The molecule has 1 aliphatic carbocycles. The average Bonchev–Trinajstić information content (AvgIpc) is 2.42. The summed E-state index contributed by atoms with van der Waals surface area (Å²) in [5.41, 5.74) is 6.46. The minimum atomic E-state index is -3.87. The highest BCUT2D eigenvalue weighted by Crippen LogP contribution is 2.35. The first-order valence-corrected chi connectivity index (χ1v) is 8.77. The van der Waals surface area contributed by atoms with Gasteiger partial charge in [-0.1, -0.05) is 26.2 Å². The Balaban J connectivity index is 2.17. The lowest BCUT2D eigenvalue weighted by Gasteiger charge is -2.33. The predicted molar refractivity (Wildman–Crippen MR) is 81.9 cm³/mol. The lowest BCUT2D eigenvalue weighted by Crippen LogP contribution is -2.37. The number of halogens is 1. The molecule has 0 unspecified atom stereocenters. The van der Waals surface area contributed by atoms with Crippen LogP contribution in [0.3, 0.4) is 0 Å². The van der Waals surface area contributed by atoms with Gasteiger partial charge < -0.3 is 5.73 Å². The van der Waals surface area contributed by atoms with E-state index in [4.69, 9.17) is 5.73 Å². The molecular formula is C15H23FN2O2S. The van der Waals surface area contributed by atoms with Crippen molar-refractivity contribution in [3.8, 4) is 0 Å². The zero-order chi connectivity index (χ0) is 15.7. The molecule has 0 heterocycles. The van der Waals surface area contributed by atoms with Gasteiger partial charge in [0.05, 0.1) is 0 Å². The van der Waals surface area contributed by atoms with E-state index in [2.05, 4.69) is 11.6 Å². The number of sulfonamides is 1. The number of anilines is 1. The van der Waals surface area contributed by atoms with Gasteiger partial charge in [-0.25, -0.2) is 17.5 Å². The van der Waals surface area contributed by atoms with Crippen LogP contribution in [0.5, 0.6) is 0 Å². The van der Waals surface area contributed by atoms with Crippen LogP contribution in [0.4, 0.5) is 10.1 Å². The Morgan fingerprint density at radius 3 is 2.52 bits per heavy atom. The van der Waals surface area contributed by atoms with Gasteiger partial charge in [0.2, 0.25) is 10.0 Å². The third-order valence-corrected chi connectivity index (χ3v) is 5.78. The van der Waals surface area contributed by atoms with Crippen molar-refractivity contribution in [2.24, 2.45) is 5.41 Å². The van der Waals surface area contributed by atoms with Crippen LogP contribution in [0.2, 0.25) is 0 Å². The Hall–Kier alpha value is -1.14. The molecule has 0 spiro atoms. The molecule has 2 rings (SSSR count). The molecule has 1 aliphatic rings. The van der Waals surface area contributed by atoms with Crippen LogP contribution in [0.1, 0.15) is 44.6 Å². The third kappa shape index (κ3) is 3.74. The van der Waals surface area contributed by atoms with Gasteiger partial charge in [0.25, 0.3) is 0 Å². The first-order chi connectivity index (χ1) is 9.73. The molecular weight excluding hydrogens is 291 g/mol. The van der Waals surface area contributed by atoms with E-state index >= 15 is 0 Å². The van der Waals surface area contributed by atoms with Gasteiger partial charge >= 0.3 is 0 Å². The SMILES string of the molecule is Cc1cc(F)c(S(=O)(=O)NCC2(C)CCCCC2)cc1N. The predicted octanol–water partition coefficient (Wildman–Crippen LogP) is 2.97. The van der Waals surface area contributed by atoms with E-state index in [1.54, 1.807) is 6.92 Å². The van der Waals surface area contributed by atoms with E-state index in [9.17, 15) is 12.8 Å². The topological polar surface area (TPSA) is 72.2 Å². The van der Waals surface area contributed by atoms with E-state index in [0.717, 1.165) is 31.7 Å². The van der Waals surface area contributed by atoms with Crippen LogP contribution >= 0.6 is 0 Å². The maximum atomic E-state index is 13.9. The molecule has 1 aromatic carbocycles. The molecule has 0 amide bonds. The molecule has 0 aliphatic heterocycles. The van der Waals surface area contributed by atoms with Crippen molar-refractivity contribution in [2.75, 3.05) is 12.3 Å². The van der Waals surface area contributed by atoms with Gasteiger partial charge in [-0.15, -0.1) is 0 Å². The van der Waals surface area contributed by atoms with Gasteiger partial charge in [0.1, 0.15) is 10.7 Å². The summed E-state index contributed by atoms with van der Waals surface area (Å²) in [5.74, 6) is -0.761. The number of benzene rings is 1. The summed E-state index contributed by atoms with van der Waals surface area (Å²) in [4.78, 5) is -0.370. The van der Waals surface area contributed by atoms with Gasteiger partial charge in [0, 0.05) is 12.2 Å². The molecule has 0 atom stereocenters. The van der Waals surface area contributed by atoms with Crippen molar-refractivity contribution in [3.05, 3.63) is 23.5 Å². The Labute approximate surface area is 126 Å². The minimum Gasteiger partial charge on any atom is -0.398 e. The number of nitrogens with one attached hydrogen (secondary N) is 1. The van der Waals surface area contributed by atoms with Crippen LogP contribution in [-0.4, -0.2) is 15.0 Å². The number of hydrogen-bond acceptors (Lipinski definition) is 3. The maximum Gasteiger partial charge on any atom is 0.243 e. The Morgan fingerprint density at radius 2 is 1.90 bits per heavy atom. The third-order valence-electron chi connectivity index (χ3n) is 4.36. The second-order valence-electron chi connectivity index (χ2n) is 6.34. The van der Waals surface area contributed by atoms with Crippen LogP contribution in [0.15, 0.2) is 17.0 Å². The van der Waals surface area contributed by atoms with Crippen molar-refractivity contribution in [1.82, 2.24) is 4.72 Å². The fraction of sp³-hybridized carbons (Fsp3) is 0.600. The number of hydrogen-bond donors (Lipinski definition) is 2. The number of nitrogen functional groups attached to an aromatic ring is 1. The van der Waals surface area contributed by atoms with E-state index in [0.29, 0.717) is 12.1 Å². The first-order valence-electron chi connectivity index (χ1n) is 7.29. The number of nitrogens with two attached hydrogens (primary N) is 1. The molecule has 0 radical (unpaired) electrons. The van der Waals surface area contributed by atoms with E-state index in [1.165, 1.54) is 12.5 Å². The molecule has 1 aromatic rings. The summed E-state index contributed by atoms with van der Waals surface area (Å²) in [6.07, 6.45) is 5.42. The van der Waals surface area contributed by atoms with E-state index in [1.807, 2.05) is 0 Å². The Bertz CT molecular complexity index is 623. The van der Waals surface area contributed by atoms with Gasteiger partial charge in [-0.3, -0.25) is 0 Å².